The lowest BCUT2D eigenvalue weighted by molar-refractivity contribution is 0.0709. The number of hydrogen-bond acceptors (Lipinski definition) is 3. The lowest BCUT2D eigenvalue weighted by atomic mass is 10.1. The van der Waals surface area contributed by atoms with Crippen molar-refractivity contribution in [3.8, 4) is 0 Å². The number of pyridine rings is 1. The summed E-state index contributed by atoms with van der Waals surface area (Å²) in [5.41, 5.74) is 1.25. The molecule has 1 unspecified atom stereocenters. The van der Waals surface area contributed by atoms with Crippen LogP contribution in [0.15, 0.2) is 24.3 Å². The molecule has 1 aliphatic heterocycles. The number of halogens is 2. The van der Waals surface area contributed by atoms with Gasteiger partial charge in [0.05, 0.1) is 10.5 Å². The minimum Gasteiger partial charge on any atom is -0.336 e. The smallest absolute Gasteiger partial charge is 0.254 e. The fourth-order valence-electron chi connectivity index (χ4n) is 2.59. The van der Waals surface area contributed by atoms with Crippen LogP contribution in [0.3, 0.4) is 0 Å². The largest absolute Gasteiger partial charge is 0.336 e. The Morgan fingerprint density at radius 1 is 1.38 bits per heavy atom. The van der Waals surface area contributed by atoms with Crippen LogP contribution in [0.4, 0.5) is 0 Å². The van der Waals surface area contributed by atoms with Gasteiger partial charge in [-0.3, -0.25) is 4.79 Å². The van der Waals surface area contributed by atoms with Crippen molar-refractivity contribution >= 4 is 40.0 Å². The van der Waals surface area contributed by atoms with Crippen molar-refractivity contribution in [3.05, 3.63) is 40.0 Å². The number of hydrogen-bond donors (Lipinski definition) is 1. The predicted molar refractivity (Wildman–Crippen MR) is 85.1 cm³/mol. The molecule has 0 bridgehead atoms. The molecule has 1 atom stereocenters. The van der Waals surface area contributed by atoms with Gasteiger partial charge in [0, 0.05) is 36.6 Å². The summed E-state index contributed by atoms with van der Waals surface area (Å²) in [4.78, 5) is 18.7. The Balaban J connectivity index is 1.95. The molecule has 21 heavy (non-hydrogen) atoms. The zero-order valence-electron chi connectivity index (χ0n) is 11.6. The van der Waals surface area contributed by atoms with Crippen molar-refractivity contribution in [1.29, 1.82) is 0 Å². The second-order valence-corrected chi connectivity index (χ2v) is 6.06. The van der Waals surface area contributed by atoms with Crippen molar-refractivity contribution in [2.45, 2.75) is 13.0 Å². The van der Waals surface area contributed by atoms with Crippen LogP contribution in [0.25, 0.3) is 10.9 Å². The van der Waals surface area contributed by atoms with Gasteiger partial charge in [0.15, 0.2) is 0 Å². The summed E-state index contributed by atoms with van der Waals surface area (Å²) < 4.78 is 0. The van der Waals surface area contributed by atoms with E-state index in [2.05, 4.69) is 17.2 Å². The molecule has 2 aromatic rings. The van der Waals surface area contributed by atoms with Gasteiger partial charge in [0.1, 0.15) is 5.15 Å². The van der Waals surface area contributed by atoms with Crippen LogP contribution in [0.2, 0.25) is 10.2 Å². The zero-order valence-corrected chi connectivity index (χ0v) is 13.1. The van der Waals surface area contributed by atoms with Crippen molar-refractivity contribution in [3.63, 3.8) is 0 Å². The Bertz CT molecular complexity index is 705. The molecule has 0 spiro atoms. The van der Waals surface area contributed by atoms with E-state index in [1.807, 2.05) is 11.0 Å². The van der Waals surface area contributed by atoms with Crippen LogP contribution in [0, 0.1) is 0 Å². The second kappa shape index (κ2) is 5.79. The molecule has 6 heteroatoms. The van der Waals surface area contributed by atoms with Gasteiger partial charge in [-0.25, -0.2) is 4.98 Å². The zero-order chi connectivity index (χ0) is 15.0. The highest BCUT2D eigenvalue weighted by atomic mass is 35.5. The fourth-order valence-corrected chi connectivity index (χ4v) is 3.11. The lowest BCUT2D eigenvalue weighted by Crippen LogP contribution is -2.51. The molecule has 1 aromatic carbocycles. The molecule has 1 saturated heterocycles. The molecule has 1 N–H and O–H groups in total. The van der Waals surface area contributed by atoms with Crippen molar-refractivity contribution < 1.29 is 4.79 Å². The van der Waals surface area contributed by atoms with E-state index in [0.29, 0.717) is 40.4 Å². The summed E-state index contributed by atoms with van der Waals surface area (Å²) >= 11 is 12.1. The number of fused-ring (bicyclic) bond motifs is 1. The molecule has 0 radical (unpaired) electrons. The van der Waals surface area contributed by atoms with Crippen LogP contribution < -0.4 is 5.32 Å². The maximum absolute atomic E-state index is 12.6. The maximum Gasteiger partial charge on any atom is 0.254 e. The number of nitrogens with zero attached hydrogens (tertiary/aromatic N) is 2. The number of rotatable bonds is 1. The van der Waals surface area contributed by atoms with Crippen LogP contribution in [0.5, 0.6) is 0 Å². The van der Waals surface area contributed by atoms with Gasteiger partial charge in [-0.1, -0.05) is 29.3 Å². The van der Waals surface area contributed by atoms with Gasteiger partial charge in [0.2, 0.25) is 0 Å². The van der Waals surface area contributed by atoms with Gasteiger partial charge in [-0.2, -0.15) is 0 Å². The monoisotopic (exact) mass is 323 g/mol. The first-order chi connectivity index (χ1) is 10.0. The van der Waals surface area contributed by atoms with Gasteiger partial charge in [-0.05, 0) is 25.1 Å². The van der Waals surface area contributed by atoms with E-state index in [4.69, 9.17) is 23.2 Å². The third-order valence-electron chi connectivity index (χ3n) is 3.63. The molecule has 4 nitrogen and oxygen atoms in total. The van der Waals surface area contributed by atoms with E-state index in [-0.39, 0.29) is 5.91 Å². The Hall–Kier alpha value is -1.36. The van der Waals surface area contributed by atoms with Crippen LogP contribution in [-0.2, 0) is 0 Å². The van der Waals surface area contributed by atoms with Crippen molar-refractivity contribution in [1.82, 2.24) is 15.2 Å². The summed E-state index contributed by atoms with van der Waals surface area (Å²) in [6.45, 7) is 4.31. The first-order valence-corrected chi connectivity index (χ1v) is 7.58. The number of benzene rings is 1. The van der Waals surface area contributed by atoms with Crippen molar-refractivity contribution in [2.75, 3.05) is 19.6 Å². The number of piperazine rings is 1. The van der Waals surface area contributed by atoms with Crippen LogP contribution >= 0.6 is 23.2 Å². The van der Waals surface area contributed by atoms with Gasteiger partial charge < -0.3 is 10.2 Å². The van der Waals surface area contributed by atoms with Gasteiger partial charge in [-0.15, -0.1) is 0 Å². The lowest BCUT2D eigenvalue weighted by Gasteiger charge is -2.32. The van der Waals surface area contributed by atoms with E-state index in [9.17, 15) is 4.79 Å². The topological polar surface area (TPSA) is 45.2 Å². The third kappa shape index (κ3) is 2.98. The quantitative estimate of drug-likeness (QED) is 0.820. The summed E-state index contributed by atoms with van der Waals surface area (Å²) in [6, 6.07) is 7.27. The molecule has 1 fully saturated rings. The molecule has 0 aliphatic carbocycles. The van der Waals surface area contributed by atoms with Crippen LogP contribution in [-0.4, -0.2) is 41.5 Å². The molecule has 2 heterocycles. The Labute approximate surface area is 133 Å². The SMILES string of the molecule is CC1CN(C(=O)c2ccc3c(Cl)cc(Cl)nc3c2)CCN1. The minimum atomic E-state index is 0.0168. The molecule has 0 saturated carbocycles. The van der Waals surface area contributed by atoms with Crippen LogP contribution in [0.1, 0.15) is 17.3 Å². The molecule has 1 aromatic heterocycles. The molecule has 1 amide bonds. The number of carbonyl (C=O) groups excluding carboxylic acids is 1. The van der Waals surface area contributed by atoms with Crippen molar-refractivity contribution in [2.24, 2.45) is 0 Å². The summed E-state index contributed by atoms with van der Waals surface area (Å²) in [5, 5.41) is 4.99. The average Bonchev–Trinajstić information content (AvgIpc) is 2.45. The van der Waals surface area contributed by atoms with Gasteiger partial charge in [0.25, 0.3) is 5.91 Å². The highest BCUT2D eigenvalue weighted by Gasteiger charge is 2.22. The number of aromatic nitrogens is 1. The standard InChI is InChI=1S/C15H15Cl2N3O/c1-9-8-20(5-4-18-9)15(21)10-2-3-11-12(16)7-14(17)19-13(11)6-10/h2-3,6-7,9,18H,4-5,8H2,1H3. The maximum atomic E-state index is 12.6. The molecular formula is C15H15Cl2N3O. The van der Waals surface area contributed by atoms with E-state index in [1.165, 1.54) is 0 Å². The Kier molecular flexibility index (Phi) is 4.02. The molecule has 3 rings (SSSR count). The Morgan fingerprint density at radius 3 is 2.95 bits per heavy atom. The Morgan fingerprint density at radius 2 is 2.19 bits per heavy atom. The molecule has 1 aliphatic rings. The highest BCUT2D eigenvalue weighted by molar-refractivity contribution is 6.37. The predicted octanol–water partition coefficient (Wildman–Crippen LogP) is 2.98. The average molecular weight is 324 g/mol. The fraction of sp³-hybridized carbons (Fsp3) is 0.333. The van der Waals surface area contributed by atoms with E-state index >= 15 is 0 Å². The summed E-state index contributed by atoms with van der Waals surface area (Å²) in [6.07, 6.45) is 0. The van der Waals surface area contributed by atoms with E-state index in [1.54, 1.807) is 18.2 Å². The molecular weight excluding hydrogens is 309 g/mol. The van der Waals surface area contributed by atoms with Gasteiger partial charge >= 0.3 is 0 Å². The highest BCUT2D eigenvalue weighted by Crippen LogP contribution is 2.26. The molecule has 110 valence electrons. The normalized spacial score (nSPS) is 19.0. The number of nitrogens with one attached hydrogen (secondary N) is 1. The van der Waals surface area contributed by atoms with E-state index in [0.717, 1.165) is 11.9 Å². The number of carbonyl (C=O) groups is 1. The first-order valence-electron chi connectivity index (χ1n) is 6.83. The third-order valence-corrected chi connectivity index (χ3v) is 4.14. The summed E-state index contributed by atoms with van der Waals surface area (Å²) in [5.74, 6) is 0.0168. The summed E-state index contributed by atoms with van der Waals surface area (Å²) in [7, 11) is 0. The first kappa shape index (κ1) is 14.6. The van der Waals surface area contributed by atoms with E-state index < -0.39 is 0 Å². The second-order valence-electron chi connectivity index (χ2n) is 5.27. The number of amides is 1. The minimum absolute atomic E-state index is 0.0168.